The number of phenols is 1. The number of ether oxygens (including phenoxy) is 2. The van der Waals surface area contributed by atoms with Crippen molar-refractivity contribution in [2.24, 2.45) is 0 Å². The highest BCUT2D eigenvalue weighted by Crippen LogP contribution is 2.21. The van der Waals surface area contributed by atoms with Gasteiger partial charge in [-0.05, 0) is 97.4 Å². The van der Waals surface area contributed by atoms with Crippen LogP contribution < -0.4 is 9.47 Å². The van der Waals surface area contributed by atoms with E-state index in [-0.39, 0.29) is 11.6 Å². The number of benzene rings is 5. The van der Waals surface area contributed by atoms with E-state index in [0.29, 0.717) is 24.0 Å². The van der Waals surface area contributed by atoms with Gasteiger partial charge in [-0.1, -0.05) is 48.0 Å². The fraction of sp³-hybridized carbons (Fsp3) is 0.0588. The van der Waals surface area contributed by atoms with Crippen LogP contribution in [0.3, 0.4) is 0 Å². The van der Waals surface area contributed by atoms with E-state index >= 15 is 0 Å². The highest BCUT2D eigenvalue weighted by molar-refractivity contribution is 5.75. The molecular formula is C34H29FO5. The highest BCUT2D eigenvalue weighted by atomic mass is 19.1. The molecule has 6 heteroatoms. The van der Waals surface area contributed by atoms with Crippen LogP contribution in [-0.4, -0.2) is 17.7 Å². The van der Waals surface area contributed by atoms with Gasteiger partial charge < -0.3 is 14.6 Å². The molecule has 5 rings (SSSR count). The molecule has 0 radical (unpaired) electrons. The predicted octanol–water partition coefficient (Wildman–Crippen LogP) is 8.21. The third-order valence-corrected chi connectivity index (χ3v) is 5.36. The van der Waals surface area contributed by atoms with Gasteiger partial charge in [0.15, 0.2) is 0 Å². The summed E-state index contributed by atoms with van der Waals surface area (Å²) < 4.78 is 23.3. The normalized spacial score (nSPS) is 9.65. The topological polar surface area (TPSA) is 72.8 Å². The van der Waals surface area contributed by atoms with E-state index < -0.39 is 0 Å². The first kappa shape index (κ1) is 29.3. The van der Waals surface area contributed by atoms with E-state index in [4.69, 9.17) is 14.6 Å². The summed E-state index contributed by atoms with van der Waals surface area (Å²) in [6, 6.07) is 36.9. The Labute approximate surface area is 233 Å². The van der Waals surface area contributed by atoms with Gasteiger partial charge in [0.1, 0.15) is 48.0 Å². The lowest BCUT2D eigenvalue weighted by molar-refractivity contribution is 0.111. The summed E-state index contributed by atoms with van der Waals surface area (Å²) >= 11 is 0. The van der Waals surface area contributed by atoms with Crippen LogP contribution in [0, 0.1) is 12.7 Å². The van der Waals surface area contributed by atoms with E-state index in [0.717, 1.165) is 29.1 Å². The number of rotatable bonds is 7. The molecule has 1 N–H and O–H groups in total. The Kier molecular flexibility index (Phi) is 11.7. The van der Waals surface area contributed by atoms with Gasteiger partial charge >= 0.3 is 0 Å². The highest BCUT2D eigenvalue weighted by Gasteiger charge is 1.97. The van der Waals surface area contributed by atoms with E-state index in [1.54, 1.807) is 48.5 Å². The van der Waals surface area contributed by atoms with Crippen molar-refractivity contribution in [2.45, 2.75) is 13.5 Å². The van der Waals surface area contributed by atoms with Crippen molar-refractivity contribution in [3.05, 3.63) is 155 Å². The maximum Gasteiger partial charge on any atom is 0.150 e. The molecular weight excluding hydrogens is 507 g/mol. The van der Waals surface area contributed by atoms with Crippen molar-refractivity contribution in [3.8, 4) is 23.0 Å². The van der Waals surface area contributed by atoms with Crippen molar-refractivity contribution >= 4 is 12.6 Å². The SMILES string of the molecule is Cc1ccc(Oc2ccc(C=O)cc2)cc1.O=Cc1ccc(F)cc1.Oc1ccc(OCc2ccccc2)cc1. The molecule has 0 fully saturated rings. The number of halogens is 1. The molecule has 0 heterocycles. The summed E-state index contributed by atoms with van der Waals surface area (Å²) in [6.07, 6.45) is 1.50. The van der Waals surface area contributed by atoms with Crippen LogP contribution in [0.1, 0.15) is 31.8 Å². The average Bonchev–Trinajstić information content (AvgIpc) is 3.00. The molecule has 0 unspecified atom stereocenters. The predicted molar refractivity (Wildman–Crippen MR) is 154 cm³/mol. The Bertz CT molecular complexity index is 1430. The van der Waals surface area contributed by atoms with E-state index in [1.165, 1.54) is 29.8 Å². The standard InChI is InChI=1S/C14H12O2.C13H12O2.C7H5FO/c1-11-2-6-13(7-3-11)16-14-8-4-12(10-15)5-9-14;14-12-6-8-13(9-7-12)15-10-11-4-2-1-3-5-11;8-7-3-1-6(5-9)2-4-7/h2-10H,1H3;1-9,14H,10H2;1-5H. The minimum absolute atomic E-state index is 0.252. The zero-order chi connectivity index (χ0) is 28.6. The Morgan fingerprint density at radius 1 is 0.625 bits per heavy atom. The second kappa shape index (κ2) is 15.9. The minimum atomic E-state index is -0.319. The van der Waals surface area contributed by atoms with Crippen LogP contribution >= 0.6 is 0 Å². The number of aryl methyl sites for hydroxylation is 1. The van der Waals surface area contributed by atoms with Crippen LogP contribution in [0.25, 0.3) is 0 Å². The summed E-state index contributed by atoms with van der Waals surface area (Å²) in [6.45, 7) is 2.58. The second-order valence-electron chi connectivity index (χ2n) is 8.54. The fourth-order valence-electron chi connectivity index (χ4n) is 3.18. The third-order valence-electron chi connectivity index (χ3n) is 5.36. The number of aromatic hydroxyl groups is 1. The molecule has 0 saturated heterocycles. The van der Waals surface area contributed by atoms with Gasteiger partial charge in [0.05, 0.1) is 0 Å². The van der Waals surface area contributed by atoms with Crippen LogP contribution in [0.15, 0.2) is 127 Å². The lowest BCUT2D eigenvalue weighted by Crippen LogP contribution is -1.94. The molecule has 5 aromatic rings. The molecule has 0 amide bonds. The molecule has 0 aliphatic heterocycles. The lowest BCUT2D eigenvalue weighted by Gasteiger charge is -2.05. The Morgan fingerprint density at radius 2 is 1.10 bits per heavy atom. The van der Waals surface area contributed by atoms with E-state index in [9.17, 15) is 14.0 Å². The van der Waals surface area contributed by atoms with E-state index in [1.807, 2.05) is 61.5 Å². The van der Waals surface area contributed by atoms with Crippen LogP contribution in [0.4, 0.5) is 4.39 Å². The molecule has 0 aromatic heterocycles. The molecule has 0 aliphatic carbocycles. The molecule has 0 saturated carbocycles. The molecule has 0 spiro atoms. The zero-order valence-electron chi connectivity index (χ0n) is 21.9. The zero-order valence-corrected chi connectivity index (χ0v) is 21.9. The molecule has 5 nitrogen and oxygen atoms in total. The van der Waals surface area contributed by atoms with Gasteiger partial charge in [-0.2, -0.15) is 0 Å². The van der Waals surface area contributed by atoms with Crippen molar-refractivity contribution in [3.63, 3.8) is 0 Å². The number of aldehydes is 2. The molecule has 0 aliphatic rings. The van der Waals surface area contributed by atoms with Crippen molar-refractivity contribution in [1.82, 2.24) is 0 Å². The van der Waals surface area contributed by atoms with Gasteiger partial charge in [0.25, 0.3) is 0 Å². The van der Waals surface area contributed by atoms with Gasteiger partial charge in [-0.25, -0.2) is 4.39 Å². The van der Waals surface area contributed by atoms with Gasteiger partial charge in [0, 0.05) is 11.1 Å². The number of hydrogen-bond donors (Lipinski definition) is 1. The molecule has 202 valence electrons. The molecule has 0 bridgehead atoms. The van der Waals surface area contributed by atoms with Crippen molar-refractivity contribution < 1.29 is 28.6 Å². The Morgan fingerprint density at radius 3 is 1.62 bits per heavy atom. The Hall–Kier alpha value is -5.23. The number of carbonyl (C=O) groups is 2. The third kappa shape index (κ3) is 10.6. The lowest BCUT2D eigenvalue weighted by atomic mass is 10.2. The summed E-state index contributed by atoms with van der Waals surface area (Å²) in [4.78, 5) is 20.5. The average molecular weight is 537 g/mol. The number of phenolic OH excluding ortho intramolecular Hbond substituents is 1. The van der Waals surface area contributed by atoms with Crippen molar-refractivity contribution in [1.29, 1.82) is 0 Å². The molecule has 5 aromatic carbocycles. The first-order valence-corrected chi connectivity index (χ1v) is 12.4. The molecule has 40 heavy (non-hydrogen) atoms. The first-order chi connectivity index (χ1) is 19.4. The summed E-state index contributed by atoms with van der Waals surface area (Å²) in [5.74, 6) is 2.22. The van der Waals surface area contributed by atoms with Gasteiger partial charge in [0.2, 0.25) is 0 Å². The van der Waals surface area contributed by atoms with Gasteiger partial charge in [-0.3, -0.25) is 9.59 Å². The summed E-state index contributed by atoms with van der Waals surface area (Å²) in [5, 5.41) is 9.09. The fourth-order valence-corrected chi connectivity index (χ4v) is 3.18. The Balaban J connectivity index is 0.000000172. The maximum absolute atomic E-state index is 12.1. The van der Waals surface area contributed by atoms with Gasteiger partial charge in [-0.15, -0.1) is 0 Å². The quantitative estimate of drug-likeness (QED) is 0.212. The molecule has 0 atom stereocenters. The first-order valence-electron chi connectivity index (χ1n) is 12.4. The van der Waals surface area contributed by atoms with E-state index in [2.05, 4.69) is 0 Å². The van der Waals surface area contributed by atoms with Crippen LogP contribution in [0.5, 0.6) is 23.0 Å². The van der Waals surface area contributed by atoms with Crippen LogP contribution in [0.2, 0.25) is 0 Å². The summed E-state index contributed by atoms with van der Waals surface area (Å²) in [7, 11) is 0. The van der Waals surface area contributed by atoms with Crippen LogP contribution in [-0.2, 0) is 6.61 Å². The largest absolute Gasteiger partial charge is 0.508 e. The van der Waals surface area contributed by atoms with Crippen molar-refractivity contribution in [2.75, 3.05) is 0 Å². The summed E-state index contributed by atoms with van der Waals surface area (Å²) in [5.41, 5.74) is 3.47. The smallest absolute Gasteiger partial charge is 0.150 e. The second-order valence-corrected chi connectivity index (χ2v) is 8.54. The maximum atomic E-state index is 12.1. The number of hydrogen-bond acceptors (Lipinski definition) is 5. The monoisotopic (exact) mass is 536 g/mol. The number of carbonyl (C=O) groups excluding carboxylic acids is 2. The minimum Gasteiger partial charge on any atom is -0.508 e.